The predicted molar refractivity (Wildman–Crippen MR) is 85.2 cm³/mol. The first-order valence-electron chi connectivity index (χ1n) is 7.27. The van der Waals surface area contributed by atoms with Gasteiger partial charge in [-0.05, 0) is 41.0 Å². The number of benzene rings is 2. The number of fused-ring (bicyclic) bond motifs is 1. The first-order chi connectivity index (χ1) is 11.3. The maximum absolute atomic E-state index is 11.8. The monoisotopic (exact) mass is 303 g/mol. The number of rotatable bonds is 3. The van der Waals surface area contributed by atoms with Gasteiger partial charge in [-0.2, -0.15) is 0 Å². The minimum atomic E-state index is -0.0111. The quantitative estimate of drug-likeness (QED) is 0.807. The maximum Gasteiger partial charge on any atom is 0.321 e. The Kier molecular flexibility index (Phi) is 3.24. The number of carbonyl (C=O) groups is 1. The Balaban J connectivity index is 1.63. The molecule has 1 aliphatic heterocycles. The fourth-order valence-electron chi connectivity index (χ4n) is 2.67. The van der Waals surface area contributed by atoms with Crippen molar-refractivity contribution in [1.29, 1.82) is 0 Å². The van der Waals surface area contributed by atoms with Crippen molar-refractivity contribution in [2.75, 3.05) is 0 Å². The van der Waals surface area contributed by atoms with E-state index >= 15 is 0 Å². The van der Waals surface area contributed by atoms with Gasteiger partial charge in [-0.15, -0.1) is 0 Å². The summed E-state index contributed by atoms with van der Waals surface area (Å²) in [5.41, 5.74) is 3.89. The molecule has 112 valence electrons. The molecule has 5 heteroatoms. The van der Waals surface area contributed by atoms with Gasteiger partial charge in [0.05, 0.1) is 0 Å². The van der Waals surface area contributed by atoms with E-state index in [1.54, 1.807) is 18.5 Å². The SMILES string of the molecule is O=C1NCc2c1cccc2-c1ccc(Oc2ncccn2)cc1. The van der Waals surface area contributed by atoms with Crippen molar-refractivity contribution in [1.82, 2.24) is 15.3 Å². The molecule has 0 saturated heterocycles. The zero-order valence-corrected chi connectivity index (χ0v) is 12.2. The molecule has 0 bridgehead atoms. The normalized spacial score (nSPS) is 12.6. The molecule has 23 heavy (non-hydrogen) atoms. The largest absolute Gasteiger partial charge is 0.424 e. The number of aromatic nitrogens is 2. The van der Waals surface area contributed by atoms with Crippen molar-refractivity contribution in [3.63, 3.8) is 0 Å². The third-order valence-electron chi connectivity index (χ3n) is 3.76. The molecule has 0 spiro atoms. The van der Waals surface area contributed by atoms with E-state index in [1.165, 1.54) is 0 Å². The summed E-state index contributed by atoms with van der Waals surface area (Å²) in [7, 11) is 0. The van der Waals surface area contributed by atoms with Crippen LogP contribution in [0.2, 0.25) is 0 Å². The Morgan fingerprint density at radius 1 is 0.913 bits per heavy atom. The summed E-state index contributed by atoms with van der Waals surface area (Å²) in [5, 5.41) is 2.86. The number of amides is 1. The summed E-state index contributed by atoms with van der Waals surface area (Å²) in [6.45, 7) is 0.570. The standard InChI is InChI=1S/C18H13N3O2/c22-17-15-4-1-3-14(16(15)11-21-17)12-5-7-13(8-6-12)23-18-19-9-2-10-20-18/h1-10H,11H2,(H,21,22). The summed E-state index contributed by atoms with van der Waals surface area (Å²) in [4.78, 5) is 19.8. The molecule has 0 radical (unpaired) electrons. The van der Waals surface area contributed by atoms with Crippen LogP contribution in [-0.4, -0.2) is 15.9 Å². The maximum atomic E-state index is 11.8. The van der Waals surface area contributed by atoms with Crippen LogP contribution in [0, 0.1) is 0 Å². The first kappa shape index (κ1) is 13.5. The van der Waals surface area contributed by atoms with Crippen molar-refractivity contribution in [2.24, 2.45) is 0 Å². The number of hydrogen-bond donors (Lipinski definition) is 1. The molecule has 0 aliphatic carbocycles. The molecule has 0 saturated carbocycles. The third kappa shape index (κ3) is 2.53. The molecule has 3 aromatic rings. The molecule has 0 unspecified atom stereocenters. The third-order valence-corrected chi connectivity index (χ3v) is 3.76. The van der Waals surface area contributed by atoms with Gasteiger partial charge in [0.2, 0.25) is 0 Å². The lowest BCUT2D eigenvalue weighted by atomic mass is 9.97. The Hall–Kier alpha value is -3.21. The van der Waals surface area contributed by atoms with Gasteiger partial charge in [0.15, 0.2) is 0 Å². The van der Waals surface area contributed by atoms with Crippen LogP contribution in [0.1, 0.15) is 15.9 Å². The van der Waals surface area contributed by atoms with Crippen LogP contribution in [0.4, 0.5) is 0 Å². The van der Waals surface area contributed by atoms with E-state index in [0.29, 0.717) is 18.3 Å². The van der Waals surface area contributed by atoms with Gasteiger partial charge in [0.1, 0.15) is 5.75 Å². The molecule has 0 fully saturated rings. The lowest BCUT2D eigenvalue weighted by Gasteiger charge is -2.08. The van der Waals surface area contributed by atoms with E-state index < -0.39 is 0 Å². The highest BCUT2D eigenvalue weighted by atomic mass is 16.5. The first-order valence-corrected chi connectivity index (χ1v) is 7.27. The molecule has 1 amide bonds. The van der Waals surface area contributed by atoms with E-state index in [4.69, 9.17) is 4.74 Å². The Morgan fingerprint density at radius 2 is 1.65 bits per heavy atom. The summed E-state index contributed by atoms with van der Waals surface area (Å²) >= 11 is 0. The second kappa shape index (κ2) is 5.53. The van der Waals surface area contributed by atoms with Crippen LogP contribution < -0.4 is 10.1 Å². The number of nitrogens with zero attached hydrogens (tertiary/aromatic N) is 2. The fourth-order valence-corrected chi connectivity index (χ4v) is 2.67. The lowest BCUT2D eigenvalue weighted by molar-refractivity contribution is 0.0966. The summed E-state index contributed by atoms with van der Waals surface area (Å²) in [5.74, 6) is 0.657. The zero-order valence-electron chi connectivity index (χ0n) is 12.2. The molecule has 1 N–H and O–H groups in total. The number of hydrogen-bond acceptors (Lipinski definition) is 4. The lowest BCUT2D eigenvalue weighted by Crippen LogP contribution is -2.12. The average molecular weight is 303 g/mol. The minimum absolute atomic E-state index is 0.0111. The van der Waals surface area contributed by atoms with E-state index in [9.17, 15) is 4.79 Å². The smallest absolute Gasteiger partial charge is 0.321 e. The molecule has 0 atom stereocenters. The van der Waals surface area contributed by atoms with Crippen LogP contribution in [0.5, 0.6) is 11.8 Å². The van der Waals surface area contributed by atoms with Crippen LogP contribution >= 0.6 is 0 Å². The fraction of sp³-hybridized carbons (Fsp3) is 0.0556. The summed E-state index contributed by atoms with van der Waals surface area (Å²) in [6, 6.07) is 15.5. The van der Waals surface area contributed by atoms with Crippen molar-refractivity contribution in [2.45, 2.75) is 6.54 Å². The van der Waals surface area contributed by atoms with Crippen LogP contribution in [0.3, 0.4) is 0 Å². The van der Waals surface area contributed by atoms with Crippen LogP contribution in [0.25, 0.3) is 11.1 Å². The zero-order chi connectivity index (χ0) is 15.6. The van der Waals surface area contributed by atoms with Crippen molar-refractivity contribution >= 4 is 5.91 Å². The number of carbonyl (C=O) groups excluding carboxylic acids is 1. The highest BCUT2D eigenvalue weighted by Crippen LogP contribution is 2.30. The molecule has 1 aromatic heterocycles. The highest BCUT2D eigenvalue weighted by molar-refractivity contribution is 6.00. The van der Waals surface area contributed by atoms with Gasteiger partial charge in [-0.1, -0.05) is 24.3 Å². The highest BCUT2D eigenvalue weighted by Gasteiger charge is 2.21. The minimum Gasteiger partial charge on any atom is -0.424 e. The Bertz CT molecular complexity index is 861. The average Bonchev–Trinajstić information content (AvgIpc) is 2.98. The van der Waals surface area contributed by atoms with E-state index in [1.807, 2.05) is 42.5 Å². The van der Waals surface area contributed by atoms with Gasteiger partial charge in [-0.25, -0.2) is 9.97 Å². The molecular formula is C18H13N3O2. The second-order valence-electron chi connectivity index (χ2n) is 5.17. The molecule has 4 rings (SSSR count). The summed E-state index contributed by atoms with van der Waals surface area (Å²) in [6.07, 6.45) is 3.27. The number of ether oxygens (including phenoxy) is 1. The molecule has 5 nitrogen and oxygen atoms in total. The van der Waals surface area contributed by atoms with Gasteiger partial charge in [-0.3, -0.25) is 4.79 Å². The topological polar surface area (TPSA) is 64.1 Å². The molecule has 2 aromatic carbocycles. The Morgan fingerprint density at radius 3 is 2.43 bits per heavy atom. The summed E-state index contributed by atoms with van der Waals surface area (Å²) < 4.78 is 5.59. The molecule has 2 heterocycles. The van der Waals surface area contributed by atoms with E-state index in [2.05, 4.69) is 15.3 Å². The molecular weight excluding hydrogens is 290 g/mol. The van der Waals surface area contributed by atoms with Crippen molar-refractivity contribution in [3.8, 4) is 22.9 Å². The van der Waals surface area contributed by atoms with Crippen LogP contribution in [0.15, 0.2) is 60.9 Å². The van der Waals surface area contributed by atoms with Crippen LogP contribution in [-0.2, 0) is 6.54 Å². The predicted octanol–water partition coefficient (Wildman–Crippen LogP) is 3.18. The van der Waals surface area contributed by atoms with Gasteiger partial charge < -0.3 is 10.1 Å². The number of nitrogens with one attached hydrogen (secondary N) is 1. The van der Waals surface area contributed by atoms with Crippen molar-refractivity contribution < 1.29 is 9.53 Å². The Labute approximate surface area is 133 Å². The van der Waals surface area contributed by atoms with E-state index in [0.717, 1.165) is 22.3 Å². The van der Waals surface area contributed by atoms with E-state index in [-0.39, 0.29) is 5.91 Å². The second-order valence-corrected chi connectivity index (χ2v) is 5.17. The molecule has 1 aliphatic rings. The van der Waals surface area contributed by atoms with Gasteiger partial charge in [0, 0.05) is 24.5 Å². The van der Waals surface area contributed by atoms with Gasteiger partial charge in [0.25, 0.3) is 5.91 Å². The van der Waals surface area contributed by atoms with Gasteiger partial charge >= 0.3 is 6.01 Å². The van der Waals surface area contributed by atoms with Crippen molar-refractivity contribution in [3.05, 3.63) is 72.1 Å².